The van der Waals surface area contributed by atoms with E-state index in [1.165, 1.54) is 30.0 Å². The SMILES string of the molecule is CC(=O)NCCCCC(NCC(C=O)NC(=O)CNC(=O)CNC(=O)[C@H](CCCCN(C)C)NC(=O)OC(C)(C)C)C(=O)Nc1ccc2nc(C3=NC(C(=O)O)CS3)sc2c1. The second-order valence-electron chi connectivity index (χ2n) is 15.5. The van der Waals surface area contributed by atoms with Gasteiger partial charge in [0.25, 0.3) is 0 Å². The van der Waals surface area contributed by atoms with Gasteiger partial charge >= 0.3 is 12.1 Å². The predicted octanol–water partition coefficient (Wildman–Crippen LogP) is 0.987. The fraction of sp³-hybridized carbons (Fsp3) is 0.590. The average molecular weight is 891 g/mol. The van der Waals surface area contributed by atoms with Crippen LogP contribution in [0.2, 0.25) is 0 Å². The first kappa shape index (κ1) is 50.2. The van der Waals surface area contributed by atoms with Crippen LogP contribution in [0.15, 0.2) is 23.2 Å². The molecule has 1 aromatic carbocycles. The van der Waals surface area contributed by atoms with E-state index in [0.29, 0.717) is 71.9 Å². The Hall–Kier alpha value is -5.19. The predicted molar refractivity (Wildman–Crippen MR) is 233 cm³/mol. The molecule has 2 heterocycles. The number of carbonyl (C=O) groups is 8. The van der Waals surface area contributed by atoms with Gasteiger partial charge in [0.2, 0.25) is 29.5 Å². The molecule has 2 aromatic rings. The average Bonchev–Trinajstić information content (AvgIpc) is 3.85. The summed E-state index contributed by atoms with van der Waals surface area (Å²) >= 11 is 2.64. The summed E-state index contributed by atoms with van der Waals surface area (Å²) in [5.41, 5.74) is 0.348. The van der Waals surface area contributed by atoms with Gasteiger partial charge in [-0.3, -0.25) is 29.0 Å². The lowest BCUT2D eigenvalue weighted by molar-refractivity contribution is -0.137. The maximum absolute atomic E-state index is 13.6. The molecular formula is C39H58N10O10S2. The van der Waals surface area contributed by atoms with Gasteiger partial charge in [0.05, 0.1) is 35.4 Å². The van der Waals surface area contributed by atoms with E-state index < -0.39 is 78.5 Å². The molecular weight excluding hydrogens is 833 g/mol. The van der Waals surface area contributed by atoms with Gasteiger partial charge in [-0.15, -0.1) is 23.1 Å². The Morgan fingerprint density at radius 2 is 1.64 bits per heavy atom. The summed E-state index contributed by atoms with van der Waals surface area (Å²) in [5, 5.41) is 29.0. The number of aldehydes is 1. The van der Waals surface area contributed by atoms with Crippen LogP contribution in [0.5, 0.6) is 0 Å². The first-order valence-corrected chi connectivity index (χ1v) is 21.7. The van der Waals surface area contributed by atoms with E-state index in [0.717, 1.165) is 17.7 Å². The zero-order chi connectivity index (χ0) is 45.1. The van der Waals surface area contributed by atoms with E-state index in [9.17, 15) is 43.5 Å². The van der Waals surface area contributed by atoms with Crippen molar-refractivity contribution in [3.05, 3.63) is 23.2 Å². The molecule has 0 radical (unpaired) electrons. The second-order valence-corrected chi connectivity index (χ2v) is 17.6. The Labute approximate surface area is 362 Å². The maximum Gasteiger partial charge on any atom is 0.408 e. The molecule has 336 valence electrons. The molecule has 0 spiro atoms. The number of unbranched alkanes of at least 4 members (excludes halogenated alkanes) is 2. The highest BCUT2D eigenvalue weighted by atomic mass is 32.2. The van der Waals surface area contributed by atoms with Gasteiger partial charge in [0.1, 0.15) is 28.0 Å². The Balaban J connectivity index is 1.54. The van der Waals surface area contributed by atoms with Crippen LogP contribution in [0, 0.1) is 0 Å². The number of carboxylic acids is 1. The monoisotopic (exact) mass is 890 g/mol. The molecule has 1 aliphatic heterocycles. The van der Waals surface area contributed by atoms with Crippen LogP contribution in [0.3, 0.4) is 0 Å². The van der Waals surface area contributed by atoms with Crippen molar-refractivity contribution in [2.24, 2.45) is 4.99 Å². The number of thioether (sulfide) groups is 1. The largest absolute Gasteiger partial charge is 0.480 e. The highest BCUT2D eigenvalue weighted by Gasteiger charge is 2.28. The third-order valence-corrected chi connectivity index (χ3v) is 10.9. The lowest BCUT2D eigenvalue weighted by atomic mass is 10.1. The number of aliphatic imine (C=N–C) groups is 1. The quantitative estimate of drug-likeness (QED) is 0.0510. The molecule has 20 nitrogen and oxygen atoms in total. The number of hydrogen-bond acceptors (Lipinski definition) is 15. The number of hydrogen-bond donors (Lipinski definition) is 8. The summed E-state index contributed by atoms with van der Waals surface area (Å²) in [7, 11) is 3.85. The normalized spacial score (nSPS) is 15.2. The second kappa shape index (κ2) is 24.9. The van der Waals surface area contributed by atoms with Crippen molar-refractivity contribution >= 4 is 91.9 Å². The number of carbonyl (C=O) groups excluding carboxylic acids is 7. The highest BCUT2D eigenvalue weighted by molar-refractivity contribution is 8.15. The summed E-state index contributed by atoms with van der Waals surface area (Å²) in [6.45, 7) is 6.57. The van der Waals surface area contributed by atoms with Gasteiger partial charge in [-0.25, -0.2) is 14.6 Å². The van der Waals surface area contributed by atoms with Crippen molar-refractivity contribution in [1.82, 2.24) is 41.8 Å². The topological polar surface area (TPSA) is 279 Å². The van der Waals surface area contributed by atoms with Crippen LogP contribution in [0.4, 0.5) is 10.5 Å². The van der Waals surface area contributed by atoms with E-state index >= 15 is 0 Å². The molecule has 1 aromatic heterocycles. The Kier molecular flexibility index (Phi) is 20.5. The minimum absolute atomic E-state index is 0.127. The molecule has 0 saturated heterocycles. The minimum atomic E-state index is -1.07. The number of amides is 6. The fourth-order valence-electron chi connectivity index (χ4n) is 5.69. The molecule has 4 atom stereocenters. The van der Waals surface area contributed by atoms with Gasteiger partial charge in [0.15, 0.2) is 6.04 Å². The number of fused-ring (bicyclic) bond motifs is 1. The molecule has 22 heteroatoms. The summed E-state index contributed by atoms with van der Waals surface area (Å²) in [6.07, 6.45) is 2.87. The zero-order valence-electron chi connectivity index (χ0n) is 35.4. The van der Waals surface area contributed by atoms with Crippen molar-refractivity contribution in [1.29, 1.82) is 0 Å². The van der Waals surface area contributed by atoms with Gasteiger partial charge in [-0.2, -0.15) is 0 Å². The van der Waals surface area contributed by atoms with Crippen LogP contribution in [0.1, 0.15) is 71.2 Å². The summed E-state index contributed by atoms with van der Waals surface area (Å²) in [4.78, 5) is 110. The van der Waals surface area contributed by atoms with E-state index in [2.05, 4.69) is 47.2 Å². The van der Waals surface area contributed by atoms with Gasteiger partial charge in [-0.05, 0) is 98.1 Å². The highest BCUT2D eigenvalue weighted by Crippen LogP contribution is 2.31. The number of thiazole rings is 1. The van der Waals surface area contributed by atoms with Crippen molar-refractivity contribution in [2.45, 2.75) is 96.0 Å². The molecule has 1 aliphatic rings. The molecule has 0 bridgehead atoms. The third-order valence-electron chi connectivity index (χ3n) is 8.70. The number of carboxylic acid groups (broad SMARTS) is 1. The van der Waals surface area contributed by atoms with E-state index in [1.54, 1.807) is 39.0 Å². The number of benzene rings is 1. The van der Waals surface area contributed by atoms with Crippen LogP contribution in [-0.2, 0) is 38.3 Å². The number of anilines is 1. The first-order chi connectivity index (χ1) is 28.8. The van der Waals surface area contributed by atoms with Crippen molar-refractivity contribution in [3.63, 3.8) is 0 Å². The smallest absolute Gasteiger partial charge is 0.408 e. The van der Waals surface area contributed by atoms with Gasteiger partial charge < -0.3 is 56.8 Å². The number of aromatic nitrogens is 1. The molecule has 3 unspecified atom stereocenters. The molecule has 61 heavy (non-hydrogen) atoms. The number of ether oxygens (including phenoxy) is 1. The van der Waals surface area contributed by atoms with Crippen LogP contribution in [-0.4, -0.2) is 150 Å². The Morgan fingerprint density at radius 3 is 2.30 bits per heavy atom. The number of nitrogens with one attached hydrogen (secondary N) is 7. The molecule has 3 rings (SSSR count). The summed E-state index contributed by atoms with van der Waals surface area (Å²) < 4.78 is 6.04. The summed E-state index contributed by atoms with van der Waals surface area (Å²) in [5.74, 6) is -3.24. The molecule has 0 aliphatic carbocycles. The fourth-order valence-corrected chi connectivity index (χ4v) is 7.79. The maximum atomic E-state index is 13.6. The minimum Gasteiger partial charge on any atom is -0.480 e. The van der Waals surface area contributed by atoms with Crippen LogP contribution < -0.4 is 37.2 Å². The molecule has 0 fully saturated rings. The lowest BCUT2D eigenvalue weighted by Crippen LogP contribution is -2.52. The van der Waals surface area contributed by atoms with Crippen molar-refractivity contribution < 1.29 is 48.2 Å². The number of alkyl carbamates (subject to hydrolysis) is 1. The van der Waals surface area contributed by atoms with E-state index in [1.807, 2.05) is 19.0 Å². The first-order valence-electron chi connectivity index (χ1n) is 19.9. The van der Waals surface area contributed by atoms with Gasteiger partial charge in [0, 0.05) is 31.5 Å². The number of aliphatic carboxylic acids is 1. The third kappa shape index (κ3) is 19.0. The van der Waals surface area contributed by atoms with Crippen LogP contribution in [0.25, 0.3) is 10.2 Å². The molecule has 8 N–H and O–H groups in total. The van der Waals surface area contributed by atoms with Gasteiger partial charge in [-0.1, -0.05) is 0 Å². The van der Waals surface area contributed by atoms with E-state index in [4.69, 9.17) is 4.74 Å². The van der Waals surface area contributed by atoms with Crippen molar-refractivity contribution in [3.8, 4) is 0 Å². The van der Waals surface area contributed by atoms with E-state index in [-0.39, 0.29) is 12.5 Å². The standard InChI is InChI=1S/C39H58N10O10S2/c1-23(51)40-15-9-7-11-27(34(55)45-24-13-14-26-30(17-24)61-36(46-26)35-47-29(22-60-35)37(56)57)41-18-25(21-50)44-32(53)20-42-31(52)19-43-33(54)28(12-8-10-16-49(5)6)48-38(58)59-39(2,3)4/h13-14,17,21,25,27-29,41H,7-12,15-16,18-20,22H2,1-6H3,(H,40,51)(H,42,52)(H,43,54)(H,44,53)(H,45,55)(H,48,58)(H,56,57)/t25?,27?,28-,29?/m0/s1. The molecule has 6 amide bonds. The summed E-state index contributed by atoms with van der Waals surface area (Å²) in [6, 6.07) is 1.49. The Morgan fingerprint density at radius 1 is 0.934 bits per heavy atom. The number of rotatable bonds is 25. The Bertz CT molecular complexity index is 1900. The zero-order valence-corrected chi connectivity index (χ0v) is 37.0. The number of nitrogens with zero attached hydrogens (tertiary/aromatic N) is 3. The van der Waals surface area contributed by atoms with Crippen LogP contribution >= 0.6 is 23.1 Å². The lowest BCUT2D eigenvalue weighted by Gasteiger charge is -2.23. The molecule has 0 saturated carbocycles. The van der Waals surface area contributed by atoms with Crippen molar-refractivity contribution in [2.75, 3.05) is 57.9 Å².